The van der Waals surface area contributed by atoms with Gasteiger partial charge in [0.1, 0.15) is 6.04 Å². The summed E-state index contributed by atoms with van der Waals surface area (Å²) in [5.74, 6) is 2.93. The molecule has 0 N–H and O–H groups in total. The molecule has 0 radical (unpaired) electrons. The molecule has 37 heavy (non-hydrogen) atoms. The molecule has 2 amide bonds. The normalized spacial score (nSPS) is 19.2. The molecule has 3 heterocycles. The predicted molar refractivity (Wildman–Crippen MR) is 135 cm³/mol. The molecule has 0 saturated carbocycles. The molecule has 3 aliphatic rings. The van der Waals surface area contributed by atoms with Crippen LogP contribution in [0.25, 0.3) is 0 Å². The number of ether oxygens (including phenoxy) is 5. The van der Waals surface area contributed by atoms with Gasteiger partial charge in [0.05, 0.1) is 21.3 Å². The average molecular weight is 512 g/mol. The van der Waals surface area contributed by atoms with Gasteiger partial charge in [0.25, 0.3) is 5.91 Å². The van der Waals surface area contributed by atoms with E-state index in [0.717, 1.165) is 25.1 Å². The molecule has 0 aromatic heterocycles. The number of methoxy groups -OCH3 is 3. The van der Waals surface area contributed by atoms with E-state index in [1.54, 1.807) is 44.4 Å². The van der Waals surface area contributed by atoms with Crippen molar-refractivity contribution in [3.8, 4) is 28.7 Å². The van der Waals surface area contributed by atoms with Gasteiger partial charge >= 0.3 is 0 Å². The second kappa shape index (κ2) is 10.8. The van der Waals surface area contributed by atoms with Crippen LogP contribution in [0.15, 0.2) is 30.3 Å². The number of amides is 2. The summed E-state index contributed by atoms with van der Waals surface area (Å²) in [5.41, 5.74) is 1.51. The van der Waals surface area contributed by atoms with Crippen LogP contribution in [0.3, 0.4) is 0 Å². The number of rotatable bonds is 7. The fourth-order valence-corrected chi connectivity index (χ4v) is 5.33. The van der Waals surface area contributed by atoms with Crippen LogP contribution in [0.5, 0.6) is 28.7 Å². The van der Waals surface area contributed by atoms with Gasteiger partial charge < -0.3 is 33.5 Å². The minimum atomic E-state index is -0.435. The summed E-state index contributed by atoms with van der Waals surface area (Å²) in [6.07, 6.45) is 1.49. The summed E-state index contributed by atoms with van der Waals surface area (Å²) < 4.78 is 27.3. The van der Waals surface area contributed by atoms with Crippen LogP contribution in [0, 0.1) is 0 Å². The van der Waals surface area contributed by atoms with E-state index in [1.165, 1.54) is 0 Å². The minimum Gasteiger partial charge on any atom is -0.493 e. The van der Waals surface area contributed by atoms with Crippen molar-refractivity contribution in [3.63, 3.8) is 0 Å². The monoisotopic (exact) mass is 511 g/mol. The van der Waals surface area contributed by atoms with Gasteiger partial charge in [0.15, 0.2) is 23.0 Å². The fraction of sp³-hybridized carbons (Fsp3) is 0.481. The maximum Gasteiger partial charge on any atom is 0.254 e. The van der Waals surface area contributed by atoms with E-state index in [9.17, 15) is 9.59 Å². The quantitative estimate of drug-likeness (QED) is 0.560. The second-order valence-electron chi connectivity index (χ2n) is 9.32. The van der Waals surface area contributed by atoms with Crippen LogP contribution in [0.1, 0.15) is 28.8 Å². The summed E-state index contributed by atoms with van der Waals surface area (Å²) in [4.78, 5) is 32.6. The van der Waals surface area contributed by atoms with Crippen molar-refractivity contribution in [1.29, 1.82) is 0 Å². The van der Waals surface area contributed by atoms with Gasteiger partial charge in [-0.15, -0.1) is 0 Å². The second-order valence-corrected chi connectivity index (χ2v) is 9.32. The van der Waals surface area contributed by atoms with Gasteiger partial charge in [-0.3, -0.25) is 14.5 Å². The number of benzene rings is 2. The van der Waals surface area contributed by atoms with Crippen molar-refractivity contribution in [2.75, 3.05) is 60.8 Å². The molecule has 3 aliphatic heterocycles. The molecule has 2 aromatic carbocycles. The number of likely N-dealkylation sites (tertiary alicyclic amines) is 1. The topological polar surface area (TPSA) is 90.0 Å². The summed E-state index contributed by atoms with van der Waals surface area (Å²) in [7, 11) is 4.81. The number of carbonyl (C=O) groups excluding carboxylic acids is 2. The maximum atomic E-state index is 13.5. The Morgan fingerprint density at radius 3 is 2.38 bits per heavy atom. The van der Waals surface area contributed by atoms with Crippen molar-refractivity contribution < 1.29 is 33.3 Å². The van der Waals surface area contributed by atoms with E-state index in [1.807, 2.05) is 17.0 Å². The lowest BCUT2D eigenvalue weighted by molar-refractivity contribution is -0.137. The van der Waals surface area contributed by atoms with Crippen molar-refractivity contribution in [2.45, 2.75) is 25.4 Å². The molecule has 10 nitrogen and oxygen atoms in total. The number of hydrogen-bond acceptors (Lipinski definition) is 8. The highest BCUT2D eigenvalue weighted by Gasteiger charge is 2.38. The molecular weight excluding hydrogens is 478 g/mol. The zero-order chi connectivity index (χ0) is 25.9. The van der Waals surface area contributed by atoms with Gasteiger partial charge in [0.2, 0.25) is 18.4 Å². The SMILES string of the molecule is COc1ccc(CN2CCN(C(=O)C3CCCN3C(=O)c3ccc4c(c3)OCO4)CC2)c(OC)c1OC. The van der Waals surface area contributed by atoms with Gasteiger partial charge in [-0.25, -0.2) is 0 Å². The van der Waals surface area contributed by atoms with Crippen LogP contribution in [-0.4, -0.2) is 93.4 Å². The van der Waals surface area contributed by atoms with Gasteiger partial charge in [-0.05, 0) is 37.1 Å². The Morgan fingerprint density at radius 2 is 1.65 bits per heavy atom. The van der Waals surface area contributed by atoms with Crippen molar-refractivity contribution in [1.82, 2.24) is 14.7 Å². The lowest BCUT2D eigenvalue weighted by Gasteiger charge is -2.37. The zero-order valence-electron chi connectivity index (χ0n) is 21.5. The van der Waals surface area contributed by atoms with E-state index in [2.05, 4.69) is 4.90 Å². The molecule has 2 fully saturated rings. The van der Waals surface area contributed by atoms with Gasteiger partial charge in [0, 0.05) is 50.4 Å². The van der Waals surface area contributed by atoms with Gasteiger partial charge in [-0.1, -0.05) is 6.07 Å². The third kappa shape index (κ3) is 4.85. The molecule has 198 valence electrons. The first-order valence-corrected chi connectivity index (χ1v) is 12.5. The van der Waals surface area contributed by atoms with Crippen molar-refractivity contribution in [3.05, 3.63) is 41.5 Å². The number of hydrogen-bond donors (Lipinski definition) is 0. The Hall–Kier alpha value is -3.66. The van der Waals surface area contributed by atoms with E-state index in [4.69, 9.17) is 23.7 Å². The smallest absolute Gasteiger partial charge is 0.254 e. The number of carbonyl (C=O) groups is 2. The zero-order valence-corrected chi connectivity index (χ0v) is 21.5. The van der Waals surface area contributed by atoms with Crippen LogP contribution < -0.4 is 23.7 Å². The third-order valence-corrected chi connectivity index (χ3v) is 7.28. The van der Waals surface area contributed by atoms with Gasteiger partial charge in [-0.2, -0.15) is 0 Å². The largest absolute Gasteiger partial charge is 0.493 e. The molecule has 5 rings (SSSR count). The molecule has 0 aliphatic carbocycles. The van der Waals surface area contributed by atoms with E-state index >= 15 is 0 Å². The van der Waals surface area contributed by atoms with E-state index in [0.29, 0.717) is 66.9 Å². The summed E-state index contributed by atoms with van der Waals surface area (Å²) in [6, 6.07) is 8.60. The van der Waals surface area contributed by atoms with Crippen LogP contribution in [0.4, 0.5) is 0 Å². The molecule has 2 saturated heterocycles. The standard InChI is InChI=1S/C27H33N3O7/c1-33-22-9-7-19(24(34-2)25(22)35-3)16-28-11-13-29(14-12-28)27(32)20-5-4-10-30(20)26(31)18-6-8-21-23(15-18)37-17-36-21/h6-9,15,20H,4-5,10-14,16-17H2,1-3H3. The molecule has 0 bridgehead atoms. The van der Waals surface area contributed by atoms with Crippen molar-refractivity contribution in [2.24, 2.45) is 0 Å². The fourth-order valence-electron chi connectivity index (χ4n) is 5.33. The Kier molecular flexibility index (Phi) is 7.27. The van der Waals surface area contributed by atoms with Crippen molar-refractivity contribution >= 4 is 11.8 Å². The summed E-state index contributed by atoms with van der Waals surface area (Å²) >= 11 is 0. The molecule has 1 unspecified atom stereocenters. The third-order valence-electron chi connectivity index (χ3n) is 7.28. The lowest BCUT2D eigenvalue weighted by atomic mass is 10.1. The van der Waals surface area contributed by atoms with Crippen LogP contribution >= 0.6 is 0 Å². The first kappa shape index (κ1) is 25.0. The predicted octanol–water partition coefficient (Wildman–Crippen LogP) is 2.39. The Morgan fingerprint density at radius 1 is 0.892 bits per heavy atom. The molecule has 1 atom stereocenters. The first-order chi connectivity index (χ1) is 18.0. The summed E-state index contributed by atoms with van der Waals surface area (Å²) in [5, 5.41) is 0. The first-order valence-electron chi connectivity index (χ1n) is 12.5. The highest BCUT2D eigenvalue weighted by molar-refractivity contribution is 5.98. The Bertz CT molecular complexity index is 1160. The molecule has 0 spiro atoms. The van der Waals surface area contributed by atoms with Crippen LogP contribution in [0.2, 0.25) is 0 Å². The minimum absolute atomic E-state index is 0.0231. The summed E-state index contributed by atoms with van der Waals surface area (Å²) in [6.45, 7) is 4.07. The Labute approximate surface area is 216 Å². The number of piperazine rings is 1. The van der Waals surface area contributed by atoms with E-state index < -0.39 is 6.04 Å². The van der Waals surface area contributed by atoms with Crippen LogP contribution in [-0.2, 0) is 11.3 Å². The lowest BCUT2D eigenvalue weighted by Crippen LogP contribution is -2.54. The average Bonchev–Trinajstić information content (AvgIpc) is 3.62. The molecular formula is C27H33N3O7. The Balaban J connectivity index is 1.21. The molecule has 10 heteroatoms. The number of fused-ring (bicyclic) bond motifs is 1. The number of nitrogens with zero attached hydrogens (tertiary/aromatic N) is 3. The highest BCUT2D eigenvalue weighted by atomic mass is 16.7. The molecule has 2 aromatic rings. The highest BCUT2D eigenvalue weighted by Crippen LogP contribution is 2.40. The van der Waals surface area contributed by atoms with E-state index in [-0.39, 0.29) is 18.6 Å². The maximum absolute atomic E-state index is 13.5.